The molecule has 1 spiro atoms. The van der Waals surface area contributed by atoms with Gasteiger partial charge in [-0.3, -0.25) is 4.79 Å². The lowest BCUT2D eigenvalue weighted by atomic mass is 9.86. The predicted molar refractivity (Wildman–Crippen MR) is 137 cm³/mol. The molecule has 0 bridgehead atoms. The number of methoxy groups -OCH3 is 1. The van der Waals surface area contributed by atoms with Crippen molar-refractivity contribution in [1.82, 2.24) is 19.8 Å². The molecule has 5 rings (SSSR count). The zero-order valence-corrected chi connectivity index (χ0v) is 21.1. The molecule has 2 aromatic carbocycles. The first-order chi connectivity index (χ1) is 17.4. The summed E-state index contributed by atoms with van der Waals surface area (Å²) in [7, 11) is 3.49. The van der Waals surface area contributed by atoms with Crippen LogP contribution in [0.1, 0.15) is 19.3 Å². The van der Waals surface area contributed by atoms with E-state index < -0.39 is 5.82 Å². The van der Waals surface area contributed by atoms with Gasteiger partial charge in [-0.05, 0) is 50.1 Å². The fourth-order valence-electron chi connectivity index (χ4n) is 5.14. The second-order valence-electron chi connectivity index (χ2n) is 9.48. The van der Waals surface area contributed by atoms with Crippen molar-refractivity contribution in [2.45, 2.75) is 19.3 Å². The highest BCUT2D eigenvalue weighted by molar-refractivity contribution is 6.31. The zero-order chi connectivity index (χ0) is 25.3. The Balaban J connectivity index is 1.25. The fourth-order valence-corrected chi connectivity index (χ4v) is 5.32. The molecular formula is C26H29ClFN5O3. The van der Waals surface area contributed by atoms with Crippen LogP contribution in [0, 0.1) is 11.2 Å². The van der Waals surface area contributed by atoms with Crippen molar-refractivity contribution >= 4 is 39.9 Å². The van der Waals surface area contributed by atoms with Crippen molar-refractivity contribution in [3.8, 4) is 11.5 Å². The molecule has 8 nitrogen and oxygen atoms in total. The number of anilines is 2. The van der Waals surface area contributed by atoms with Gasteiger partial charge in [0, 0.05) is 43.8 Å². The molecule has 2 fully saturated rings. The molecule has 10 heteroatoms. The number of hydrogen-bond acceptors (Lipinski definition) is 7. The van der Waals surface area contributed by atoms with Crippen molar-refractivity contribution in [2.75, 3.05) is 52.3 Å². The van der Waals surface area contributed by atoms with Crippen LogP contribution in [0.3, 0.4) is 0 Å². The molecule has 1 amide bonds. The van der Waals surface area contributed by atoms with E-state index in [0.717, 1.165) is 50.8 Å². The molecule has 0 aliphatic carbocycles. The van der Waals surface area contributed by atoms with Gasteiger partial charge in [0.05, 0.1) is 29.7 Å². The maximum Gasteiger partial charge on any atom is 0.229 e. The molecule has 0 radical (unpaired) electrons. The third kappa shape index (κ3) is 4.77. The molecule has 190 valence electrons. The van der Waals surface area contributed by atoms with E-state index in [9.17, 15) is 9.18 Å². The van der Waals surface area contributed by atoms with Gasteiger partial charge in [-0.2, -0.15) is 0 Å². The van der Waals surface area contributed by atoms with Crippen molar-refractivity contribution in [1.29, 1.82) is 0 Å². The van der Waals surface area contributed by atoms with Crippen LogP contribution in [0.4, 0.5) is 15.9 Å². The fraction of sp³-hybridized carbons (Fsp3) is 0.423. The average molecular weight is 514 g/mol. The van der Waals surface area contributed by atoms with E-state index in [1.54, 1.807) is 13.2 Å². The number of carbonyl (C=O) groups excluding carboxylic acids is 1. The van der Waals surface area contributed by atoms with Crippen LogP contribution in [-0.2, 0) is 4.79 Å². The van der Waals surface area contributed by atoms with Crippen molar-refractivity contribution in [2.24, 2.45) is 5.41 Å². The Kier molecular flexibility index (Phi) is 6.85. The van der Waals surface area contributed by atoms with Gasteiger partial charge < -0.3 is 24.6 Å². The van der Waals surface area contributed by atoms with Crippen molar-refractivity contribution in [3.05, 3.63) is 47.5 Å². The summed E-state index contributed by atoms with van der Waals surface area (Å²) in [4.78, 5) is 25.5. The number of fused-ring (bicyclic) bond motifs is 1. The molecule has 3 heterocycles. The maximum absolute atomic E-state index is 13.5. The molecule has 3 aromatic rings. The molecule has 2 aliphatic heterocycles. The largest absolute Gasteiger partial charge is 0.493 e. The first kappa shape index (κ1) is 24.5. The number of nitrogens with zero attached hydrogens (tertiary/aromatic N) is 4. The highest BCUT2D eigenvalue weighted by Gasteiger charge is 2.49. The lowest BCUT2D eigenvalue weighted by Gasteiger charge is -2.22. The standard InChI is InChI=1S/C26H29ClFN5O3/c1-32-9-6-26(25(32)34)7-10-33(15-26)8-3-11-36-23-13-18-21(14-22(23)35-2)29-16-30-24(18)31-17-4-5-20(28)19(27)12-17/h4-5,12-14,16H,3,6-11,15H2,1-2H3,(H,29,30,31). The van der Waals surface area contributed by atoms with Gasteiger partial charge in [0.15, 0.2) is 11.5 Å². The first-order valence-electron chi connectivity index (χ1n) is 12.0. The van der Waals surface area contributed by atoms with E-state index in [1.807, 2.05) is 24.1 Å². The Labute approximate surface area is 214 Å². The number of rotatable bonds is 8. The van der Waals surface area contributed by atoms with Crippen LogP contribution in [0.5, 0.6) is 11.5 Å². The summed E-state index contributed by atoms with van der Waals surface area (Å²) in [5.74, 6) is 1.52. The van der Waals surface area contributed by atoms with Crippen LogP contribution in [-0.4, -0.2) is 72.6 Å². The molecule has 1 atom stereocenters. The minimum Gasteiger partial charge on any atom is -0.493 e. The van der Waals surface area contributed by atoms with E-state index in [-0.39, 0.29) is 16.3 Å². The van der Waals surface area contributed by atoms with Crippen LogP contribution >= 0.6 is 11.6 Å². The normalized spacial score (nSPS) is 20.0. The van der Waals surface area contributed by atoms with Gasteiger partial charge >= 0.3 is 0 Å². The number of hydrogen-bond donors (Lipinski definition) is 1. The Morgan fingerprint density at radius 3 is 2.75 bits per heavy atom. The second kappa shape index (κ2) is 10.1. The third-order valence-corrected chi connectivity index (χ3v) is 7.43. The number of ether oxygens (including phenoxy) is 2. The first-order valence-corrected chi connectivity index (χ1v) is 12.4. The van der Waals surface area contributed by atoms with E-state index >= 15 is 0 Å². The third-order valence-electron chi connectivity index (χ3n) is 7.14. The van der Waals surface area contributed by atoms with E-state index in [4.69, 9.17) is 21.1 Å². The maximum atomic E-state index is 13.5. The van der Waals surface area contributed by atoms with Crippen LogP contribution in [0.2, 0.25) is 5.02 Å². The predicted octanol–water partition coefficient (Wildman–Crippen LogP) is 4.50. The molecule has 1 N–H and O–H groups in total. The lowest BCUT2D eigenvalue weighted by molar-refractivity contribution is -0.134. The van der Waals surface area contributed by atoms with Crippen LogP contribution in [0.25, 0.3) is 10.9 Å². The smallest absolute Gasteiger partial charge is 0.229 e. The van der Waals surface area contributed by atoms with Crippen molar-refractivity contribution in [3.63, 3.8) is 0 Å². The van der Waals surface area contributed by atoms with Gasteiger partial charge in [0.1, 0.15) is 18.0 Å². The van der Waals surface area contributed by atoms with Crippen LogP contribution < -0.4 is 14.8 Å². The number of aromatic nitrogens is 2. The van der Waals surface area contributed by atoms with Crippen molar-refractivity contribution < 1.29 is 18.7 Å². The van der Waals surface area contributed by atoms with Gasteiger partial charge in [-0.1, -0.05) is 11.6 Å². The molecule has 1 aromatic heterocycles. The molecule has 36 heavy (non-hydrogen) atoms. The van der Waals surface area contributed by atoms with E-state index in [0.29, 0.717) is 35.1 Å². The molecular weight excluding hydrogens is 485 g/mol. The minimum atomic E-state index is -0.485. The summed E-state index contributed by atoms with van der Waals surface area (Å²) in [5, 5.41) is 3.94. The van der Waals surface area contributed by atoms with E-state index in [2.05, 4.69) is 20.2 Å². The Bertz CT molecular complexity index is 1290. The number of carbonyl (C=O) groups is 1. The molecule has 0 saturated carbocycles. The highest BCUT2D eigenvalue weighted by atomic mass is 35.5. The number of amides is 1. The number of halogens is 2. The summed E-state index contributed by atoms with van der Waals surface area (Å²) in [6.45, 7) is 4.00. The summed E-state index contributed by atoms with van der Waals surface area (Å²) >= 11 is 5.92. The highest BCUT2D eigenvalue weighted by Crippen LogP contribution is 2.40. The summed E-state index contributed by atoms with van der Waals surface area (Å²) in [6, 6.07) is 8.05. The number of benzene rings is 2. The monoisotopic (exact) mass is 513 g/mol. The minimum absolute atomic E-state index is 0.0253. The van der Waals surface area contributed by atoms with Gasteiger partial charge in [-0.25, -0.2) is 14.4 Å². The summed E-state index contributed by atoms with van der Waals surface area (Å²) in [5.41, 5.74) is 1.10. The Hall–Kier alpha value is -3.17. The Morgan fingerprint density at radius 2 is 2.00 bits per heavy atom. The van der Waals surface area contributed by atoms with E-state index in [1.165, 1.54) is 18.5 Å². The SMILES string of the molecule is COc1cc2ncnc(Nc3ccc(F)c(Cl)c3)c2cc1OCCCN1CCC2(CCN(C)C2=O)C1. The van der Waals surface area contributed by atoms with Gasteiger partial charge in [0.2, 0.25) is 5.91 Å². The number of nitrogens with one attached hydrogen (secondary N) is 1. The van der Waals surface area contributed by atoms with Gasteiger partial charge in [0.25, 0.3) is 0 Å². The molecule has 2 aliphatic rings. The van der Waals surface area contributed by atoms with Gasteiger partial charge in [-0.15, -0.1) is 0 Å². The van der Waals surface area contributed by atoms with Crippen LogP contribution in [0.15, 0.2) is 36.7 Å². The second-order valence-corrected chi connectivity index (χ2v) is 9.89. The Morgan fingerprint density at radius 1 is 1.17 bits per heavy atom. The molecule has 2 saturated heterocycles. The molecule has 1 unspecified atom stereocenters. The summed E-state index contributed by atoms with van der Waals surface area (Å²) < 4.78 is 25.2. The zero-order valence-electron chi connectivity index (χ0n) is 20.4. The summed E-state index contributed by atoms with van der Waals surface area (Å²) in [6.07, 6.45) is 4.16. The lowest BCUT2D eigenvalue weighted by Crippen LogP contribution is -2.35. The number of likely N-dealkylation sites (tertiary alicyclic amines) is 2. The quantitative estimate of drug-likeness (QED) is 0.444. The average Bonchev–Trinajstić information content (AvgIpc) is 3.42. The topological polar surface area (TPSA) is 79.8 Å².